The van der Waals surface area contributed by atoms with Crippen LogP contribution in [-0.4, -0.2) is 17.2 Å². The van der Waals surface area contributed by atoms with E-state index < -0.39 is 7.12 Å². The van der Waals surface area contributed by atoms with Crippen molar-refractivity contribution in [1.82, 2.24) is 0 Å². The smallest absolute Gasteiger partial charge is 0.423 e. The van der Waals surface area contributed by atoms with E-state index in [4.69, 9.17) is 10.0 Å². The normalized spacial score (nSPS) is 10.9. The molecular formula is C8H6BFO2S2. The molecule has 14 heavy (non-hydrogen) atoms. The molecule has 72 valence electrons. The molecule has 0 spiro atoms. The molecule has 0 atom stereocenters. The summed E-state index contributed by atoms with van der Waals surface area (Å²) in [5, 5.41) is 18.3. The molecule has 2 rings (SSSR count). The summed E-state index contributed by atoms with van der Waals surface area (Å²) in [7, 11) is -1.57. The van der Waals surface area contributed by atoms with Gasteiger partial charge in [0, 0.05) is 9.60 Å². The Kier molecular flexibility index (Phi) is 2.53. The predicted octanol–water partition coefficient (Wildman–Crippen LogP) is 1.01. The van der Waals surface area contributed by atoms with E-state index in [-0.39, 0.29) is 5.13 Å². The third kappa shape index (κ3) is 1.66. The van der Waals surface area contributed by atoms with E-state index in [9.17, 15) is 4.39 Å². The molecule has 0 fully saturated rings. The maximum absolute atomic E-state index is 12.9. The van der Waals surface area contributed by atoms with Crippen LogP contribution in [0.1, 0.15) is 0 Å². The van der Waals surface area contributed by atoms with Gasteiger partial charge in [0.1, 0.15) is 0 Å². The summed E-state index contributed by atoms with van der Waals surface area (Å²) in [4.78, 5) is 0.453. The van der Waals surface area contributed by atoms with Crippen molar-refractivity contribution in [3.8, 4) is 0 Å². The number of benzene rings is 1. The van der Waals surface area contributed by atoms with E-state index >= 15 is 0 Å². The predicted molar refractivity (Wildman–Crippen MR) is 58.9 cm³/mol. The van der Waals surface area contributed by atoms with Crippen LogP contribution >= 0.6 is 24.0 Å². The zero-order valence-corrected chi connectivity index (χ0v) is 8.65. The molecule has 2 N–H and O–H groups in total. The standard InChI is InChI=1S/C8H6BFO2S2/c10-8-2-4-1-5(9(11)12)6(13)3-7(4)14-8/h1-3,11-13H. The largest absolute Gasteiger partial charge is 0.489 e. The van der Waals surface area contributed by atoms with Gasteiger partial charge in [0.2, 0.25) is 0 Å². The second-order valence-corrected chi connectivity index (χ2v) is 4.39. The van der Waals surface area contributed by atoms with E-state index in [1.165, 1.54) is 12.1 Å². The number of fused-ring (bicyclic) bond motifs is 1. The first kappa shape index (κ1) is 9.98. The van der Waals surface area contributed by atoms with Crippen molar-refractivity contribution in [1.29, 1.82) is 0 Å². The van der Waals surface area contributed by atoms with Crippen LogP contribution in [0.4, 0.5) is 4.39 Å². The number of rotatable bonds is 1. The molecule has 0 bridgehead atoms. The van der Waals surface area contributed by atoms with Crippen LogP contribution in [0.5, 0.6) is 0 Å². The minimum Gasteiger partial charge on any atom is -0.423 e. The molecule has 1 aromatic carbocycles. The minimum atomic E-state index is -1.57. The second kappa shape index (κ2) is 3.54. The molecule has 0 amide bonds. The Morgan fingerprint density at radius 1 is 1.29 bits per heavy atom. The Balaban J connectivity index is 2.70. The Morgan fingerprint density at radius 3 is 2.64 bits per heavy atom. The lowest BCUT2D eigenvalue weighted by Gasteiger charge is -2.03. The van der Waals surface area contributed by atoms with Gasteiger partial charge in [-0.2, -0.15) is 4.39 Å². The molecular weight excluding hydrogens is 222 g/mol. The average molecular weight is 228 g/mol. The van der Waals surface area contributed by atoms with E-state index in [1.54, 1.807) is 6.07 Å². The highest BCUT2D eigenvalue weighted by atomic mass is 32.1. The zero-order chi connectivity index (χ0) is 10.3. The van der Waals surface area contributed by atoms with Crippen molar-refractivity contribution in [3.63, 3.8) is 0 Å². The van der Waals surface area contributed by atoms with Crippen molar-refractivity contribution in [2.24, 2.45) is 0 Å². The van der Waals surface area contributed by atoms with Crippen molar-refractivity contribution in [2.45, 2.75) is 4.90 Å². The third-order valence-electron chi connectivity index (χ3n) is 1.91. The Hall–Kier alpha value is -0.555. The monoisotopic (exact) mass is 228 g/mol. The lowest BCUT2D eigenvalue weighted by Crippen LogP contribution is -2.30. The number of thiol groups is 1. The van der Waals surface area contributed by atoms with E-state index in [2.05, 4.69) is 12.6 Å². The number of hydrogen-bond donors (Lipinski definition) is 3. The van der Waals surface area contributed by atoms with Crippen LogP contribution in [0.15, 0.2) is 23.1 Å². The molecule has 1 heterocycles. The lowest BCUT2D eigenvalue weighted by molar-refractivity contribution is 0.425. The summed E-state index contributed by atoms with van der Waals surface area (Å²) >= 11 is 5.09. The summed E-state index contributed by atoms with van der Waals surface area (Å²) in [5.74, 6) is 0. The molecule has 2 nitrogen and oxygen atoms in total. The first-order chi connectivity index (χ1) is 6.58. The van der Waals surface area contributed by atoms with Gasteiger partial charge >= 0.3 is 7.12 Å². The Bertz CT molecular complexity index is 483. The SMILES string of the molecule is OB(O)c1cc2cc(F)sc2cc1S. The van der Waals surface area contributed by atoms with Gasteiger partial charge in [-0.15, -0.1) is 24.0 Å². The van der Waals surface area contributed by atoms with Gasteiger partial charge in [0.15, 0.2) is 5.13 Å². The summed E-state index contributed by atoms with van der Waals surface area (Å²) in [6.45, 7) is 0. The van der Waals surface area contributed by atoms with Crippen LogP contribution < -0.4 is 5.46 Å². The quantitative estimate of drug-likeness (QED) is 0.503. The van der Waals surface area contributed by atoms with Crippen LogP contribution in [0, 0.1) is 5.13 Å². The Labute approximate surface area is 89.6 Å². The zero-order valence-electron chi connectivity index (χ0n) is 6.94. The molecule has 2 aromatic rings. The second-order valence-electron chi connectivity index (χ2n) is 2.87. The van der Waals surface area contributed by atoms with Gasteiger partial charge in [-0.3, -0.25) is 0 Å². The highest BCUT2D eigenvalue weighted by Gasteiger charge is 2.16. The van der Waals surface area contributed by atoms with E-state index in [0.29, 0.717) is 15.7 Å². The van der Waals surface area contributed by atoms with Crippen LogP contribution in [0.2, 0.25) is 0 Å². The van der Waals surface area contributed by atoms with Gasteiger partial charge in [0.25, 0.3) is 0 Å². The van der Waals surface area contributed by atoms with Gasteiger partial charge in [0.05, 0.1) is 0 Å². The van der Waals surface area contributed by atoms with Gasteiger partial charge in [-0.1, -0.05) is 6.07 Å². The average Bonchev–Trinajstić information content (AvgIpc) is 2.42. The summed E-state index contributed by atoms with van der Waals surface area (Å²) in [6, 6.07) is 4.52. The topological polar surface area (TPSA) is 40.5 Å². The molecule has 0 unspecified atom stereocenters. The number of thiophene rings is 1. The van der Waals surface area contributed by atoms with Crippen molar-refractivity contribution in [3.05, 3.63) is 23.3 Å². The van der Waals surface area contributed by atoms with Crippen LogP contribution in [-0.2, 0) is 0 Å². The highest BCUT2D eigenvalue weighted by molar-refractivity contribution is 7.80. The molecule has 1 aromatic heterocycles. The molecule has 0 saturated carbocycles. The number of halogens is 1. The van der Waals surface area contributed by atoms with Gasteiger partial charge in [-0.05, 0) is 23.0 Å². The maximum atomic E-state index is 12.9. The maximum Gasteiger partial charge on any atom is 0.489 e. The van der Waals surface area contributed by atoms with E-state index in [1.807, 2.05) is 0 Å². The molecule has 0 aliphatic carbocycles. The van der Waals surface area contributed by atoms with E-state index in [0.717, 1.165) is 16.0 Å². The fraction of sp³-hybridized carbons (Fsp3) is 0. The van der Waals surface area contributed by atoms with Crippen LogP contribution in [0.25, 0.3) is 10.1 Å². The van der Waals surface area contributed by atoms with Crippen molar-refractivity contribution >= 4 is 46.6 Å². The fourth-order valence-electron chi connectivity index (χ4n) is 1.27. The summed E-state index contributed by atoms with van der Waals surface area (Å²) < 4.78 is 13.6. The van der Waals surface area contributed by atoms with Crippen molar-refractivity contribution < 1.29 is 14.4 Å². The van der Waals surface area contributed by atoms with Gasteiger partial charge in [-0.25, -0.2) is 0 Å². The summed E-state index contributed by atoms with van der Waals surface area (Å²) in [6.07, 6.45) is 0. The molecule has 0 aliphatic heterocycles. The highest BCUT2D eigenvalue weighted by Crippen LogP contribution is 2.25. The number of hydrogen-bond acceptors (Lipinski definition) is 4. The van der Waals surface area contributed by atoms with Crippen LogP contribution in [0.3, 0.4) is 0 Å². The summed E-state index contributed by atoms with van der Waals surface area (Å²) in [5.41, 5.74) is 0.290. The van der Waals surface area contributed by atoms with Gasteiger partial charge < -0.3 is 10.0 Å². The molecule has 6 heteroatoms. The molecule has 0 aliphatic rings. The van der Waals surface area contributed by atoms with Crippen molar-refractivity contribution in [2.75, 3.05) is 0 Å². The first-order valence-corrected chi connectivity index (χ1v) is 5.12. The lowest BCUT2D eigenvalue weighted by atomic mass is 9.80. The first-order valence-electron chi connectivity index (χ1n) is 3.86. The molecule has 0 radical (unpaired) electrons. The third-order valence-corrected chi connectivity index (χ3v) is 3.19. The molecule has 0 saturated heterocycles. The fourth-order valence-corrected chi connectivity index (χ4v) is 2.47. The minimum absolute atomic E-state index is 0.290. The Morgan fingerprint density at radius 2 is 2.00 bits per heavy atom.